The first-order chi connectivity index (χ1) is 13.2. The molecular formula is C22H18N2O3. The van der Waals surface area contributed by atoms with Crippen LogP contribution in [0.4, 0.5) is 5.69 Å². The highest BCUT2D eigenvalue weighted by molar-refractivity contribution is 6.02. The van der Waals surface area contributed by atoms with Gasteiger partial charge in [-0.2, -0.15) is 0 Å². The van der Waals surface area contributed by atoms with Gasteiger partial charge in [-0.25, -0.2) is 4.98 Å². The van der Waals surface area contributed by atoms with Crippen LogP contribution in [0.3, 0.4) is 0 Å². The van der Waals surface area contributed by atoms with Gasteiger partial charge in [0.05, 0.1) is 6.26 Å². The Bertz CT molecular complexity index is 1090. The number of rotatable bonds is 5. The van der Waals surface area contributed by atoms with Gasteiger partial charge < -0.3 is 14.2 Å². The van der Waals surface area contributed by atoms with Gasteiger partial charge in [0.2, 0.25) is 11.8 Å². The minimum absolute atomic E-state index is 0.246. The van der Waals surface area contributed by atoms with Gasteiger partial charge in [-0.3, -0.25) is 4.79 Å². The molecule has 27 heavy (non-hydrogen) atoms. The van der Waals surface area contributed by atoms with E-state index in [1.807, 2.05) is 12.1 Å². The number of furan rings is 1. The molecule has 0 saturated heterocycles. The summed E-state index contributed by atoms with van der Waals surface area (Å²) in [6.45, 7) is 2.12. The van der Waals surface area contributed by atoms with Gasteiger partial charge in [0, 0.05) is 17.3 Å². The predicted octanol–water partition coefficient (Wildman–Crippen LogP) is 5.30. The smallest absolute Gasteiger partial charge is 0.248 e. The normalized spacial score (nSPS) is 11.3. The average Bonchev–Trinajstić information content (AvgIpc) is 3.36. The zero-order valence-corrected chi connectivity index (χ0v) is 14.8. The van der Waals surface area contributed by atoms with Gasteiger partial charge >= 0.3 is 0 Å². The molecule has 0 aliphatic rings. The molecule has 0 aliphatic heterocycles. The summed E-state index contributed by atoms with van der Waals surface area (Å²) in [4.78, 5) is 16.6. The van der Waals surface area contributed by atoms with Crippen molar-refractivity contribution in [2.24, 2.45) is 0 Å². The number of nitrogens with one attached hydrogen (secondary N) is 1. The molecule has 1 amide bonds. The number of aromatic nitrogens is 1. The molecule has 2 heterocycles. The summed E-state index contributed by atoms with van der Waals surface area (Å²) < 4.78 is 11.0. The fourth-order valence-electron chi connectivity index (χ4n) is 2.74. The van der Waals surface area contributed by atoms with E-state index in [1.54, 1.807) is 42.7 Å². The van der Waals surface area contributed by atoms with Crippen LogP contribution < -0.4 is 5.32 Å². The van der Waals surface area contributed by atoms with Crippen molar-refractivity contribution in [3.63, 3.8) is 0 Å². The van der Waals surface area contributed by atoms with Crippen LogP contribution >= 0.6 is 0 Å². The fraction of sp³-hybridized carbons (Fsp3) is 0.0909. The largest absolute Gasteiger partial charge is 0.465 e. The number of aryl methyl sites for hydroxylation is 1. The highest BCUT2D eigenvalue weighted by atomic mass is 16.3. The number of amides is 1. The number of hydrogen-bond acceptors (Lipinski definition) is 4. The van der Waals surface area contributed by atoms with Crippen LogP contribution in [0.2, 0.25) is 0 Å². The van der Waals surface area contributed by atoms with Crippen molar-refractivity contribution in [1.82, 2.24) is 4.98 Å². The molecule has 0 atom stereocenters. The lowest BCUT2D eigenvalue weighted by Gasteiger charge is -2.00. The van der Waals surface area contributed by atoms with Crippen molar-refractivity contribution in [3.05, 3.63) is 78.3 Å². The van der Waals surface area contributed by atoms with Crippen LogP contribution in [-0.2, 0) is 11.2 Å². The maximum atomic E-state index is 12.0. The van der Waals surface area contributed by atoms with Crippen molar-refractivity contribution in [2.75, 3.05) is 5.32 Å². The number of benzene rings is 2. The summed E-state index contributed by atoms with van der Waals surface area (Å²) >= 11 is 0. The molecule has 0 radical (unpaired) electrons. The molecule has 2 aromatic heterocycles. The molecular weight excluding hydrogens is 340 g/mol. The fourth-order valence-corrected chi connectivity index (χ4v) is 2.74. The quantitative estimate of drug-likeness (QED) is 0.491. The summed E-state index contributed by atoms with van der Waals surface area (Å²) in [5.41, 5.74) is 4.21. The van der Waals surface area contributed by atoms with Crippen LogP contribution in [0.25, 0.3) is 28.6 Å². The third-order valence-electron chi connectivity index (χ3n) is 4.21. The second-order valence-electron chi connectivity index (χ2n) is 6.09. The summed E-state index contributed by atoms with van der Waals surface area (Å²) in [7, 11) is 0. The molecule has 0 saturated carbocycles. The van der Waals surface area contributed by atoms with Crippen molar-refractivity contribution >= 4 is 28.8 Å². The standard InChI is InChI=1S/C22H18N2O3/c1-2-15-5-7-16(8-6-15)22-24-19-14-17(9-11-20(19)27-22)23-21(25)12-10-18-4-3-13-26-18/h3-14H,2H2,1H3,(H,23,25)/b12-10-. The Balaban J connectivity index is 1.52. The highest BCUT2D eigenvalue weighted by Gasteiger charge is 2.09. The van der Waals surface area contributed by atoms with E-state index in [2.05, 4.69) is 29.4 Å². The summed E-state index contributed by atoms with van der Waals surface area (Å²) in [6, 6.07) is 17.1. The van der Waals surface area contributed by atoms with E-state index < -0.39 is 0 Å². The average molecular weight is 358 g/mol. The van der Waals surface area contributed by atoms with Gasteiger partial charge in [0.25, 0.3) is 0 Å². The van der Waals surface area contributed by atoms with Gasteiger partial charge in [0.1, 0.15) is 11.3 Å². The van der Waals surface area contributed by atoms with Crippen molar-refractivity contribution in [1.29, 1.82) is 0 Å². The molecule has 4 aromatic rings. The van der Waals surface area contributed by atoms with E-state index in [1.165, 1.54) is 11.6 Å². The van der Waals surface area contributed by atoms with E-state index in [-0.39, 0.29) is 5.91 Å². The number of nitrogens with zero attached hydrogens (tertiary/aromatic N) is 1. The highest BCUT2D eigenvalue weighted by Crippen LogP contribution is 2.26. The Morgan fingerprint density at radius 2 is 2.00 bits per heavy atom. The maximum absolute atomic E-state index is 12.0. The van der Waals surface area contributed by atoms with Crippen molar-refractivity contribution in [2.45, 2.75) is 13.3 Å². The zero-order chi connectivity index (χ0) is 18.6. The topological polar surface area (TPSA) is 68.3 Å². The monoisotopic (exact) mass is 358 g/mol. The predicted molar refractivity (Wildman–Crippen MR) is 105 cm³/mol. The first-order valence-electron chi connectivity index (χ1n) is 8.74. The third-order valence-corrected chi connectivity index (χ3v) is 4.21. The van der Waals surface area contributed by atoms with E-state index in [0.29, 0.717) is 28.4 Å². The lowest BCUT2D eigenvalue weighted by molar-refractivity contribution is -0.111. The zero-order valence-electron chi connectivity index (χ0n) is 14.8. The molecule has 0 spiro atoms. The molecule has 5 nitrogen and oxygen atoms in total. The number of oxazole rings is 1. The molecule has 1 N–H and O–H groups in total. The second-order valence-corrected chi connectivity index (χ2v) is 6.09. The lowest BCUT2D eigenvalue weighted by Crippen LogP contribution is -2.07. The Morgan fingerprint density at radius 1 is 1.15 bits per heavy atom. The van der Waals surface area contributed by atoms with Gasteiger partial charge in [-0.15, -0.1) is 0 Å². The Hall–Kier alpha value is -3.60. The Kier molecular flexibility index (Phi) is 4.58. The first kappa shape index (κ1) is 16.8. The summed E-state index contributed by atoms with van der Waals surface area (Å²) in [6.07, 6.45) is 5.59. The second kappa shape index (κ2) is 7.33. The molecule has 0 unspecified atom stereocenters. The molecule has 4 rings (SSSR count). The minimum atomic E-state index is -0.246. The summed E-state index contributed by atoms with van der Waals surface area (Å²) in [5, 5.41) is 2.81. The van der Waals surface area contributed by atoms with Crippen LogP contribution in [0.5, 0.6) is 0 Å². The molecule has 5 heteroatoms. The number of hydrogen-bond donors (Lipinski definition) is 1. The van der Waals surface area contributed by atoms with Crippen LogP contribution in [0.15, 0.2) is 75.8 Å². The van der Waals surface area contributed by atoms with E-state index in [9.17, 15) is 4.79 Å². The van der Waals surface area contributed by atoms with Crippen LogP contribution in [0.1, 0.15) is 18.2 Å². The molecule has 0 aliphatic carbocycles. The molecule has 2 aromatic carbocycles. The summed E-state index contributed by atoms with van der Waals surface area (Å²) in [5.74, 6) is 0.939. The van der Waals surface area contributed by atoms with Gasteiger partial charge in [-0.05, 0) is 60.5 Å². The Morgan fingerprint density at radius 3 is 2.74 bits per heavy atom. The number of carbonyl (C=O) groups excluding carboxylic acids is 1. The molecule has 0 bridgehead atoms. The van der Waals surface area contributed by atoms with E-state index in [4.69, 9.17) is 8.83 Å². The SMILES string of the molecule is CCc1ccc(-c2nc3cc(NC(=O)/C=C\c4ccco4)ccc3o2)cc1. The molecule has 134 valence electrons. The number of carbonyl (C=O) groups is 1. The third kappa shape index (κ3) is 3.82. The van der Waals surface area contributed by atoms with Gasteiger partial charge in [-0.1, -0.05) is 19.1 Å². The van der Waals surface area contributed by atoms with E-state index in [0.717, 1.165) is 12.0 Å². The van der Waals surface area contributed by atoms with E-state index >= 15 is 0 Å². The van der Waals surface area contributed by atoms with Crippen LogP contribution in [0, 0.1) is 0 Å². The number of fused-ring (bicyclic) bond motifs is 1. The molecule has 0 fully saturated rings. The lowest BCUT2D eigenvalue weighted by atomic mass is 10.1. The first-order valence-corrected chi connectivity index (χ1v) is 8.74. The Labute approximate surface area is 156 Å². The van der Waals surface area contributed by atoms with Crippen LogP contribution in [-0.4, -0.2) is 10.9 Å². The van der Waals surface area contributed by atoms with Crippen molar-refractivity contribution in [3.8, 4) is 11.5 Å². The maximum Gasteiger partial charge on any atom is 0.248 e. The van der Waals surface area contributed by atoms with Gasteiger partial charge in [0.15, 0.2) is 5.58 Å². The van der Waals surface area contributed by atoms with Crippen molar-refractivity contribution < 1.29 is 13.6 Å². The number of anilines is 1. The minimum Gasteiger partial charge on any atom is -0.465 e.